The average molecular weight is 334 g/mol. The predicted molar refractivity (Wildman–Crippen MR) is 100 cm³/mol. The number of amides is 1. The monoisotopic (exact) mass is 334 g/mol. The lowest BCUT2D eigenvalue weighted by Gasteiger charge is -2.19. The van der Waals surface area contributed by atoms with E-state index in [-0.39, 0.29) is 5.91 Å². The maximum absolute atomic E-state index is 12.2. The van der Waals surface area contributed by atoms with E-state index in [0.29, 0.717) is 12.1 Å². The van der Waals surface area contributed by atoms with Crippen molar-refractivity contribution < 1.29 is 4.79 Å². The molecule has 0 bridgehead atoms. The summed E-state index contributed by atoms with van der Waals surface area (Å²) in [6.45, 7) is 1.54. The summed E-state index contributed by atoms with van der Waals surface area (Å²) in [6.07, 6.45) is 4.49. The smallest absolute Gasteiger partial charge is 0.251 e. The first-order valence-corrected chi connectivity index (χ1v) is 8.38. The zero-order valence-corrected chi connectivity index (χ0v) is 14.3. The van der Waals surface area contributed by atoms with E-state index in [2.05, 4.69) is 34.5 Å². The summed E-state index contributed by atoms with van der Waals surface area (Å²) in [5.74, 6) is -0.0469. The maximum Gasteiger partial charge on any atom is 0.251 e. The van der Waals surface area contributed by atoms with Gasteiger partial charge in [0.15, 0.2) is 0 Å². The number of para-hydroxylation sites is 1. The Bertz CT molecular complexity index is 782. The Morgan fingerprint density at radius 2 is 1.84 bits per heavy atom. The van der Waals surface area contributed by atoms with Crippen molar-refractivity contribution in [2.45, 2.75) is 6.42 Å². The average Bonchev–Trinajstić information content (AvgIpc) is 3.20. The second-order valence-electron chi connectivity index (χ2n) is 5.86. The van der Waals surface area contributed by atoms with E-state index in [4.69, 9.17) is 0 Å². The fraction of sp³-hybridized carbons (Fsp3) is 0.200. The van der Waals surface area contributed by atoms with Gasteiger partial charge in [0.25, 0.3) is 5.91 Å². The van der Waals surface area contributed by atoms with Crippen LogP contribution < -0.4 is 10.2 Å². The highest BCUT2D eigenvalue weighted by atomic mass is 16.1. The Kier molecular flexibility index (Phi) is 5.46. The van der Waals surface area contributed by atoms with Crippen LogP contribution in [0.1, 0.15) is 16.8 Å². The van der Waals surface area contributed by atoms with E-state index < -0.39 is 0 Å². The molecule has 0 radical (unpaired) electrons. The number of hydrogen-bond acceptors (Lipinski definition) is 3. The topological polar surface area (TPSA) is 50.2 Å². The minimum Gasteiger partial charge on any atom is -0.375 e. The van der Waals surface area contributed by atoms with Crippen LogP contribution in [0.3, 0.4) is 0 Å². The van der Waals surface area contributed by atoms with Gasteiger partial charge in [-0.3, -0.25) is 4.79 Å². The van der Waals surface area contributed by atoms with Crippen molar-refractivity contribution in [2.24, 2.45) is 0 Å². The lowest BCUT2D eigenvalue weighted by molar-refractivity contribution is 0.0953. The van der Waals surface area contributed by atoms with Gasteiger partial charge in [-0.1, -0.05) is 18.2 Å². The van der Waals surface area contributed by atoms with Crippen molar-refractivity contribution in [3.8, 4) is 5.69 Å². The number of anilines is 1. The van der Waals surface area contributed by atoms with Crippen LogP contribution in [0.15, 0.2) is 73.1 Å². The van der Waals surface area contributed by atoms with Crippen molar-refractivity contribution in [2.75, 3.05) is 25.0 Å². The molecule has 5 nitrogen and oxygen atoms in total. The van der Waals surface area contributed by atoms with E-state index >= 15 is 0 Å². The first-order chi connectivity index (χ1) is 12.2. The Morgan fingerprint density at radius 3 is 2.52 bits per heavy atom. The Balaban J connectivity index is 1.45. The molecule has 0 aliphatic rings. The first-order valence-electron chi connectivity index (χ1n) is 8.38. The molecule has 1 heterocycles. The van der Waals surface area contributed by atoms with Crippen LogP contribution in [0.5, 0.6) is 0 Å². The molecule has 3 rings (SSSR count). The summed E-state index contributed by atoms with van der Waals surface area (Å²) in [4.78, 5) is 14.4. The molecule has 0 fully saturated rings. The quantitative estimate of drug-likeness (QED) is 0.675. The third-order valence-electron chi connectivity index (χ3n) is 4.05. The van der Waals surface area contributed by atoms with Crippen LogP contribution in [-0.2, 0) is 0 Å². The van der Waals surface area contributed by atoms with Crippen LogP contribution in [0, 0.1) is 0 Å². The lowest BCUT2D eigenvalue weighted by Crippen LogP contribution is -2.28. The van der Waals surface area contributed by atoms with Crippen LogP contribution in [0.25, 0.3) is 5.69 Å². The fourth-order valence-electron chi connectivity index (χ4n) is 2.62. The molecule has 0 unspecified atom stereocenters. The van der Waals surface area contributed by atoms with E-state index in [0.717, 1.165) is 18.7 Å². The third-order valence-corrected chi connectivity index (χ3v) is 4.05. The van der Waals surface area contributed by atoms with Gasteiger partial charge in [-0.05, 0) is 48.9 Å². The number of benzene rings is 2. The van der Waals surface area contributed by atoms with Gasteiger partial charge in [0.1, 0.15) is 0 Å². The van der Waals surface area contributed by atoms with Gasteiger partial charge in [-0.25, -0.2) is 4.68 Å². The number of carbonyl (C=O) groups excluding carboxylic acids is 1. The van der Waals surface area contributed by atoms with Gasteiger partial charge >= 0.3 is 0 Å². The summed E-state index contributed by atoms with van der Waals surface area (Å²) in [5.41, 5.74) is 2.78. The molecule has 1 amide bonds. The van der Waals surface area contributed by atoms with Gasteiger partial charge in [0.05, 0.1) is 5.69 Å². The second-order valence-corrected chi connectivity index (χ2v) is 5.86. The molecular formula is C20H22N4O. The molecule has 0 aliphatic carbocycles. The summed E-state index contributed by atoms with van der Waals surface area (Å²) < 4.78 is 1.76. The zero-order valence-electron chi connectivity index (χ0n) is 14.3. The number of aromatic nitrogens is 2. The molecular weight excluding hydrogens is 312 g/mol. The van der Waals surface area contributed by atoms with E-state index in [1.807, 2.05) is 54.7 Å². The molecule has 0 atom stereocenters. The van der Waals surface area contributed by atoms with Crippen LogP contribution in [-0.4, -0.2) is 35.8 Å². The molecule has 1 N–H and O–H groups in total. The fourth-order valence-corrected chi connectivity index (χ4v) is 2.62. The highest BCUT2D eigenvalue weighted by Crippen LogP contribution is 2.11. The van der Waals surface area contributed by atoms with Crippen LogP contribution >= 0.6 is 0 Å². The van der Waals surface area contributed by atoms with Crippen LogP contribution in [0.2, 0.25) is 0 Å². The number of nitrogens with one attached hydrogen (secondary N) is 1. The van der Waals surface area contributed by atoms with Crippen molar-refractivity contribution in [3.63, 3.8) is 0 Å². The molecule has 128 valence electrons. The standard InChI is InChI=1S/C20H22N4O/c1-23(18-7-3-2-4-8-18)15-5-13-21-20(25)17-9-11-19(12-10-17)24-16-6-14-22-24/h2-4,6-12,14,16H,5,13,15H2,1H3,(H,21,25). The van der Waals surface area contributed by atoms with E-state index in [1.54, 1.807) is 10.9 Å². The Labute approximate surface area is 147 Å². The summed E-state index contributed by atoms with van der Waals surface area (Å²) in [7, 11) is 2.06. The minimum absolute atomic E-state index is 0.0469. The maximum atomic E-state index is 12.2. The predicted octanol–water partition coefficient (Wildman–Crippen LogP) is 3.13. The normalized spacial score (nSPS) is 10.4. The lowest BCUT2D eigenvalue weighted by atomic mass is 10.2. The molecule has 0 spiro atoms. The molecule has 25 heavy (non-hydrogen) atoms. The van der Waals surface area contributed by atoms with Crippen molar-refractivity contribution in [3.05, 3.63) is 78.6 Å². The van der Waals surface area contributed by atoms with Gasteiger partial charge in [0.2, 0.25) is 0 Å². The number of rotatable bonds is 7. The molecule has 0 aliphatic heterocycles. The van der Waals surface area contributed by atoms with E-state index in [1.165, 1.54) is 5.69 Å². The first kappa shape index (κ1) is 16.8. The van der Waals surface area contributed by atoms with Crippen molar-refractivity contribution in [1.82, 2.24) is 15.1 Å². The molecule has 0 saturated carbocycles. The van der Waals surface area contributed by atoms with Gasteiger partial charge in [0, 0.05) is 43.8 Å². The van der Waals surface area contributed by atoms with Gasteiger partial charge in [-0.2, -0.15) is 5.10 Å². The number of carbonyl (C=O) groups is 1. The third kappa shape index (κ3) is 4.47. The number of hydrogen-bond donors (Lipinski definition) is 1. The highest BCUT2D eigenvalue weighted by molar-refractivity contribution is 5.94. The largest absolute Gasteiger partial charge is 0.375 e. The van der Waals surface area contributed by atoms with Gasteiger partial charge in [-0.15, -0.1) is 0 Å². The second kappa shape index (κ2) is 8.15. The molecule has 3 aromatic rings. The highest BCUT2D eigenvalue weighted by Gasteiger charge is 2.06. The SMILES string of the molecule is CN(CCCNC(=O)c1ccc(-n2cccn2)cc1)c1ccccc1. The van der Waals surface area contributed by atoms with Crippen molar-refractivity contribution >= 4 is 11.6 Å². The van der Waals surface area contributed by atoms with Gasteiger partial charge < -0.3 is 10.2 Å². The minimum atomic E-state index is -0.0469. The summed E-state index contributed by atoms with van der Waals surface area (Å²) >= 11 is 0. The number of nitrogens with zero attached hydrogens (tertiary/aromatic N) is 3. The Morgan fingerprint density at radius 1 is 1.08 bits per heavy atom. The van der Waals surface area contributed by atoms with Crippen LogP contribution in [0.4, 0.5) is 5.69 Å². The zero-order chi connectivity index (χ0) is 17.5. The molecule has 1 aromatic heterocycles. The van der Waals surface area contributed by atoms with Crippen molar-refractivity contribution in [1.29, 1.82) is 0 Å². The van der Waals surface area contributed by atoms with E-state index in [9.17, 15) is 4.79 Å². The summed E-state index contributed by atoms with van der Waals surface area (Å²) in [6, 6.07) is 19.5. The summed E-state index contributed by atoms with van der Waals surface area (Å²) in [5, 5.41) is 7.15. The molecule has 0 saturated heterocycles. The molecule has 2 aromatic carbocycles. The Hall–Kier alpha value is -3.08. The molecule has 5 heteroatoms.